The molecule has 3 amide bonds. The molecule has 11 nitrogen and oxygen atoms in total. The highest BCUT2D eigenvalue weighted by Crippen LogP contribution is 2.29. The fourth-order valence-corrected chi connectivity index (χ4v) is 2.79. The number of carbonyl (C=O) groups excluding carboxylic acids is 4. The Labute approximate surface area is 204 Å². The second-order valence-corrected chi connectivity index (χ2v) is 7.02. The first-order chi connectivity index (χ1) is 17.4. The van der Waals surface area contributed by atoms with E-state index in [1.54, 1.807) is 0 Å². The van der Waals surface area contributed by atoms with Gasteiger partial charge in [0.15, 0.2) is 12.4 Å². The van der Waals surface area contributed by atoms with Gasteiger partial charge in [-0.3, -0.25) is 29.4 Å². The number of halogens is 5. The maximum atomic E-state index is 13.8. The average Bonchev–Trinajstić information content (AvgIpc) is 2.86. The molecule has 200 valence electrons. The molecule has 1 aromatic heterocycles. The van der Waals surface area contributed by atoms with Gasteiger partial charge in [-0.2, -0.15) is 8.78 Å². The van der Waals surface area contributed by atoms with Crippen LogP contribution in [0.4, 0.5) is 27.6 Å². The fraction of sp³-hybridized carbons (Fsp3) is 0.286. The Kier molecular flexibility index (Phi) is 9.67. The monoisotopic (exact) mass is 534 g/mol. The van der Waals surface area contributed by atoms with Gasteiger partial charge in [0.2, 0.25) is 35.5 Å². The summed E-state index contributed by atoms with van der Waals surface area (Å²) >= 11 is 0. The zero-order chi connectivity index (χ0) is 27.9. The number of carbonyl (C=O) groups is 4. The van der Waals surface area contributed by atoms with E-state index in [1.165, 1.54) is 32.2 Å². The largest absolute Gasteiger partial charge is 0.477 e. The minimum atomic E-state index is -2.44. The number of aromatic nitrogens is 1. The van der Waals surface area contributed by atoms with Crippen LogP contribution in [0.1, 0.15) is 19.9 Å². The molecule has 0 radical (unpaired) electrons. The highest BCUT2D eigenvalue weighted by Gasteiger charge is 2.29. The zero-order valence-electron chi connectivity index (χ0n) is 19.2. The van der Waals surface area contributed by atoms with Gasteiger partial charge in [0.1, 0.15) is 18.3 Å². The molecule has 0 saturated heterocycles. The van der Waals surface area contributed by atoms with E-state index in [9.17, 15) is 45.9 Å². The number of hydrazine groups is 1. The van der Waals surface area contributed by atoms with Gasteiger partial charge in [0.05, 0.1) is 6.61 Å². The highest BCUT2D eigenvalue weighted by atomic mass is 19.2. The van der Waals surface area contributed by atoms with Crippen molar-refractivity contribution in [3.8, 4) is 5.75 Å². The fourth-order valence-electron chi connectivity index (χ4n) is 2.79. The molecule has 2 rings (SSSR count). The lowest BCUT2D eigenvalue weighted by Crippen LogP contribution is -2.52. The number of nitrogens with one attached hydrogen (secondary N) is 2. The normalized spacial score (nSPS) is 11.3. The van der Waals surface area contributed by atoms with E-state index >= 15 is 0 Å². The van der Waals surface area contributed by atoms with Crippen LogP contribution in [0.15, 0.2) is 23.1 Å². The predicted molar refractivity (Wildman–Crippen MR) is 113 cm³/mol. The van der Waals surface area contributed by atoms with Gasteiger partial charge in [0.25, 0.3) is 17.4 Å². The number of amides is 3. The second-order valence-electron chi connectivity index (χ2n) is 7.02. The Hall–Kier alpha value is -4.50. The molecule has 1 aromatic carbocycles. The summed E-state index contributed by atoms with van der Waals surface area (Å²) in [6.07, 6.45) is 1.42. The summed E-state index contributed by atoms with van der Waals surface area (Å²) in [5.41, 5.74) is 1.03. The lowest BCUT2D eigenvalue weighted by Gasteiger charge is -2.25. The van der Waals surface area contributed by atoms with E-state index in [1.807, 2.05) is 5.43 Å². The third-order valence-electron chi connectivity index (χ3n) is 4.63. The summed E-state index contributed by atoms with van der Waals surface area (Å²) in [6, 6.07) is 1.25. The van der Waals surface area contributed by atoms with E-state index in [4.69, 9.17) is 0 Å². The van der Waals surface area contributed by atoms with Crippen LogP contribution in [0.2, 0.25) is 0 Å². The van der Waals surface area contributed by atoms with Gasteiger partial charge in [-0.15, -0.1) is 0 Å². The lowest BCUT2D eigenvalue weighted by atomic mass is 10.2. The maximum absolute atomic E-state index is 13.8. The number of ether oxygens (including phenoxy) is 2. The van der Waals surface area contributed by atoms with E-state index in [0.29, 0.717) is 5.01 Å². The summed E-state index contributed by atoms with van der Waals surface area (Å²) in [5.74, 6) is -17.0. The molecule has 2 aromatic rings. The first-order valence-electron chi connectivity index (χ1n) is 10.3. The minimum absolute atomic E-state index is 0.127. The Morgan fingerprint density at radius 1 is 1.08 bits per heavy atom. The molecule has 1 heterocycles. The lowest BCUT2D eigenvalue weighted by molar-refractivity contribution is -0.154. The van der Waals surface area contributed by atoms with Gasteiger partial charge in [-0.25, -0.2) is 18.2 Å². The topological polar surface area (TPSA) is 136 Å². The van der Waals surface area contributed by atoms with Gasteiger partial charge < -0.3 is 19.4 Å². The number of esters is 1. The van der Waals surface area contributed by atoms with E-state index in [-0.39, 0.29) is 18.7 Å². The van der Waals surface area contributed by atoms with Crippen molar-refractivity contribution >= 4 is 29.9 Å². The van der Waals surface area contributed by atoms with Crippen LogP contribution < -0.4 is 21.0 Å². The van der Waals surface area contributed by atoms with Gasteiger partial charge in [0, 0.05) is 6.20 Å². The van der Waals surface area contributed by atoms with Crippen LogP contribution in [-0.2, 0) is 23.9 Å². The van der Waals surface area contributed by atoms with Crippen LogP contribution in [0.25, 0.3) is 0 Å². The summed E-state index contributed by atoms with van der Waals surface area (Å²) in [7, 11) is 0. The third kappa shape index (κ3) is 6.59. The predicted octanol–water partition coefficient (Wildman–Crippen LogP) is 1.17. The second kappa shape index (κ2) is 12.5. The van der Waals surface area contributed by atoms with Crippen molar-refractivity contribution in [2.45, 2.75) is 19.9 Å². The Balaban J connectivity index is 2.27. The molecule has 37 heavy (non-hydrogen) atoms. The maximum Gasteiger partial charge on any atom is 0.327 e. The quantitative estimate of drug-likeness (QED) is 0.117. The molecular formula is C21H19F5N4O7. The van der Waals surface area contributed by atoms with Gasteiger partial charge in [-0.05, 0) is 26.0 Å². The highest BCUT2D eigenvalue weighted by molar-refractivity contribution is 5.87. The molecule has 16 heteroatoms. The summed E-state index contributed by atoms with van der Waals surface area (Å²) in [4.78, 5) is 60.2. The molecular weight excluding hydrogens is 515 g/mol. The van der Waals surface area contributed by atoms with E-state index in [0.717, 1.165) is 4.57 Å². The molecule has 0 fully saturated rings. The van der Waals surface area contributed by atoms with Crippen LogP contribution in [0, 0.1) is 29.1 Å². The summed E-state index contributed by atoms with van der Waals surface area (Å²) in [6.45, 7) is 0.195. The molecule has 1 atom stereocenters. The van der Waals surface area contributed by atoms with Crippen molar-refractivity contribution in [2.24, 2.45) is 0 Å². The van der Waals surface area contributed by atoms with Gasteiger partial charge >= 0.3 is 5.97 Å². The van der Waals surface area contributed by atoms with Crippen LogP contribution in [0.5, 0.6) is 5.75 Å². The van der Waals surface area contributed by atoms with E-state index in [2.05, 4.69) is 14.8 Å². The number of hydrogen-bond acceptors (Lipinski definition) is 7. The third-order valence-corrected chi connectivity index (χ3v) is 4.63. The number of rotatable bonds is 10. The molecule has 0 spiro atoms. The Morgan fingerprint density at radius 2 is 1.68 bits per heavy atom. The molecule has 1 unspecified atom stereocenters. The molecule has 0 aliphatic rings. The molecule has 0 saturated carbocycles. The number of pyridine rings is 1. The summed E-state index contributed by atoms with van der Waals surface area (Å²) < 4.78 is 77.6. The first-order valence-corrected chi connectivity index (χ1v) is 10.3. The standard InChI is InChI=1S/C21H19F5N4O7/c1-3-36-13(33)7-30(12(32)8-37-19-17(25)15(23)14(22)16(24)18(19)26)28-20(34)10(2)29-6-4-5-11(21(29)35)27-9-31/h4-6,9-10H,3,7-8H2,1-2H3,(H,27,31)(H,28,34). The Morgan fingerprint density at radius 3 is 2.24 bits per heavy atom. The van der Waals surface area contributed by atoms with Crippen LogP contribution >= 0.6 is 0 Å². The SMILES string of the molecule is CCOC(=O)CN(NC(=O)C(C)n1cccc(NC=O)c1=O)C(=O)COc1c(F)c(F)c(F)c(F)c1F. The molecule has 0 aliphatic heterocycles. The number of hydrogen-bond donors (Lipinski definition) is 2. The summed E-state index contributed by atoms with van der Waals surface area (Å²) in [5, 5.41) is 2.44. The smallest absolute Gasteiger partial charge is 0.327 e. The van der Waals surface area contributed by atoms with Gasteiger partial charge in [-0.1, -0.05) is 0 Å². The van der Waals surface area contributed by atoms with Crippen LogP contribution in [0.3, 0.4) is 0 Å². The number of anilines is 1. The molecule has 0 aliphatic carbocycles. The molecule has 0 bridgehead atoms. The average molecular weight is 534 g/mol. The van der Waals surface area contributed by atoms with Crippen molar-refractivity contribution in [1.29, 1.82) is 0 Å². The minimum Gasteiger partial charge on any atom is -0.477 e. The van der Waals surface area contributed by atoms with Crippen molar-refractivity contribution in [3.05, 3.63) is 57.8 Å². The molecule has 2 N–H and O–H groups in total. The van der Waals surface area contributed by atoms with Crippen molar-refractivity contribution in [1.82, 2.24) is 15.0 Å². The number of benzene rings is 1. The van der Waals surface area contributed by atoms with Crippen molar-refractivity contribution in [2.75, 3.05) is 25.1 Å². The Bertz CT molecular complexity index is 1240. The van der Waals surface area contributed by atoms with Crippen molar-refractivity contribution < 1.29 is 50.6 Å². The van der Waals surface area contributed by atoms with Crippen LogP contribution in [-0.4, -0.2) is 53.5 Å². The van der Waals surface area contributed by atoms with Crippen molar-refractivity contribution in [3.63, 3.8) is 0 Å². The van der Waals surface area contributed by atoms with E-state index < -0.39 is 77.4 Å². The first kappa shape index (κ1) is 28.7. The zero-order valence-corrected chi connectivity index (χ0v) is 19.2. The number of nitrogens with zero attached hydrogens (tertiary/aromatic N) is 2.